The number of amides is 3. The number of carbonyl (C=O) groups excluding carboxylic acids is 2. The van der Waals surface area contributed by atoms with Crippen LogP contribution in [0.15, 0.2) is 48.5 Å². The van der Waals surface area contributed by atoms with Crippen LogP contribution in [0.3, 0.4) is 0 Å². The maximum absolute atomic E-state index is 13.5. The number of benzene rings is 2. The van der Waals surface area contributed by atoms with Crippen LogP contribution < -0.4 is 10.6 Å². The van der Waals surface area contributed by atoms with E-state index >= 15 is 0 Å². The molecule has 2 aromatic rings. The molecule has 8 heteroatoms. The third-order valence-corrected chi connectivity index (χ3v) is 7.59. The van der Waals surface area contributed by atoms with Gasteiger partial charge in [0, 0.05) is 30.4 Å². The summed E-state index contributed by atoms with van der Waals surface area (Å²) in [4.78, 5) is 38.4. The number of carbonyl (C=O) groups is 3. The van der Waals surface area contributed by atoms with Gasteiger partial charge in [0.15, 0.2) is 0 Å². The van der Waals surface area contributed by atoms with E-state index in [9.17, 15) is 19.5 Å². The van der Waals surface area contributed by atoms with Crippen LogP contribution in [0.25, 0.3) is 0 Å². The minimum Gasteiger partial charge on any atom is -0.508 e. The topological polar surface area (TPSA) is 119 Å². The number of carboxylic acid groups (broad SMARTS) is 1. The largest absolute Gasteiger partial charge is 0.508 e. The van der Waals surface area contributed by atoms with Crippen molar-refractivity contribution in [3.63, 3.8) is 0 Å². The zero-order valence-corrected chi connectivity index (χ0v) is 22.5. The third kappa shape index (κ3) is 8.23. The molecule has 8 nitrogen and oxygen atoms in total. The van der Waals surface area contributed by atoms with Crippen LogP contribution in [0, 0.1) is 5.41 Å². The van der Waals surface area contributed by atoms with Crippen molar-refractivity contribution in [1.82, 2.24) is 10.2 Å². The van der Waals surface area contributed by atoms with Gasteiger partial charge in [-0.3, -0.25) is 9.59 Å². The molecule has 0 spiro atoms. The Hall–Kier alpha value is -3.55. The van der Waals surface area contributed by atoms with Gasteiger partial charge in [-0.1, -0.05) is 38.8 Å². The van der Waals surface area contributed by atoms with Gasteiger partial charge in [-0.2, -0.15) is 0 Å². The first-order chi connectivity index (χ1) is 18.2. The average molecular weight is 524 g/mol. The Morgan fingerprint density at radius 1 is 0.947 bits per heavy atom. The maximum atomic E-state index is 13.5. The number of carboxylic acids is 1. The second-order valence-corrected chi connectivity index (χ2v) is 10.4. The van der Waals surface area contributed by atoms with E-state index in [4.69, 9.17) is 5.11 Å². The number of phenolic OH excluding ortho intramolecular Hbond substituents is 1. The Balaban J connectivity index is 1.73. The highest BCUT2D eigenvalue weighted by Crippen LogP contribution is 2.45. The lowest BCUT2D eigenvalue weighted by Crippen LogP contribution is -2.45. The fourth-order valence-corrected chi connectivity index (χ4v) is 5.66. The van der Waals surface area contributed by atoms with Crippen molar-refractivity contribution in [3.8, 4) is 5.75 Å². The molecule has 0 heterocycles. The molecule has 0 aromatic heterocycles. The summed E-state index contributed by atoms with van der Waals surface area (Å²) in [5.74, 6) is -1.15. The molecular weight excluding hydrogens is 482 g/mol. The molecule has 206 valence electrons. The molecule has 4 N–H and O–H groups in total. The molecular formula is C30H41N3O5. The van der Waals surface area contributed by atoms with Crippen LogP contribution in [0.1, 0.15) is 87.6 Å². The van der Waals surface area contributed by atoms with Crippen molar-refractivity contribution < 1.29 is 24.6 Å². The number of anilines is 1. The smallest absolute Gasteiger partial charge is 0.322 e. The zero-order valence-electron chi connectivity index (χ0n) is 22.5. The molecule has 0 saturated heterocycles. The fourth-order valence-electron chi connectivity index (χ4n) is 5.66. The predicted octanol–water partition coefficient (Wildman–Crippen LogP) is 6.16. The van der Waals surface area contributed by atoms with Gasteiger partial charge in [0.05, 0.1) is 6.42 Å². The zero-order chi connectivity index (χ0) is 27.5. The lowest BCUT2D eigenvalue weighted by atomic mass is 9.67. The van der Waals surface area contributed by atoms with E-state index in [1.807, 2.05) is 17.0 Å². The van der Waals surface area contributed by atoms with Gasteiger partial charge < -0.3 is 25.7 Å². The first kappa shape index (κ1) is 29.0. The Morgan fingerprint density at radius 3 is 2.11 bits per heavy atom. The number of urea groups is 1. The molecule has 0 unspecified atom stereocenters. The molecule has 2 aromatic carbocycles. The van der Waals surface area contributed by atoms with Crippen LogP contribution in [0.2, 0.25) is 0 Å². The minimum absolute atomic E-state index is 0.0698. The van der Waals surface area contributed by atoms with E-state index in [2.05, 4.69) is 24.5 Å². The predicted molar refractivity (Wildman–Crippen MR) is 148 cm³/mol. The molecule has 1 saturated carbocycles. The van der Waals surface area contributed by atoms with Gasteiger partial charge in [-0.15, -0.1) is 0 Å². The lowest BCUT2D eigenvalue weighted by Gasteiger charge is -2.44. The van der Waals surface area contributed by atoms with Crippen LogP contribution in [-0.4, -0.2) is 45.6 Å². The van der Waals surface area contributed by atoms with E-state index in [-0.39, 0.29) is 36.7 Å². The van der Waals surface area contributed by atoms with Crippen LogP contribution >= 0.6 is 0 Å². The fraction of sp³-hybridized carbons (Fsp3) is 0.500. The highest BCUT2D eigenvalue weighted by atomic mass is 16.4. The van der Waals surface area contributed by atoms with Crippen molar-refractivity contribution in [2.45, 2.75) is 84.2 Å². The summed E-state index contributed by atoms with van der Waals surface area (Å²) >= 11 is 0. The summed E-state index contributed by atoms with van der Waals surface area (Å²) in [6.45, 7) is 4.97. The van der Waals surface area contributed by atoms with Crippen molar-refractivity contribution in [1.29, 1.82) is 0 Å². The van der Waals surface area contributed by atoms with E-state index < -0.39 is 5.97 Å². The Morgan fingerprint density at radius 2 is 1.55 bits per heavy atom. The molecule has 1 aliphatic carbocycles. The number of nitrogens with one attached hydrogen (secondary N) is 2. The summed E-state index contributed by atoms with van der Waals surface area (Å²) in [6.07, 6.45) is 8.79. The number of nitrogens with zero attached hydrogens (tertiary/aromatic N) is 1. The highest BCUT2D eigenvalue weighted by molar-refractivity contribution is 5.94. The Bertz CT molecular complexity index is 1050. The molecule has 3 rings (SSSR count). The van der Waals surface area contributed by atoms with Crippen LogP contribution in [-0.2, 0) is 11.3 Å². The quantitative estimate of drug-likeness (QED) is 0.248. The number of aromatic hydroxyl groups is 1. The van der Waals surface area contributed by atoms with Gasteiger partial charge in [-0.25, -0.2) is 4.79 Å². The number of hydrogen-bond acceptors (Lipinski definition) is 4. The molecule has 1 fully saturated rings. The first-order valence-corrected chi connectivity index (χ1v) is 13.7. The van der Waals surface area contributed by atoms with Gasteiger partial charge in [0.2, 0.25) is 0 Å². The van der Waals surface area contributed by atoms with Gasteiger partial charge >= 0.3 is 12.0 Å². The highest BCUT2D eigenvalue weighted by Gasteiger charge is 2.37. The summed E-state index contributed by atoms with van der Waals surface area (Å²) in [6, 6.07) is 13.5. The molecule has 0 aliphatic heterocycles. The monoisotopic (exact) mass is 523 g/mol. The van der Waals surface area contributed by atoms with E-state index in [1.54, 1.807) is 36.4 Å². The van der Waals surface area contributed by atoms with Gasteiger partial charge in [-0.05, 0) is 85.9 Å². The second kappa shape index (κ2) is 13.8. The average Bonchev–Trinajstić information content (AvgIpc) is 2.89. The maximum Gasteiger partial charge on any atom is 0.322 e. The molecule has 0 atom stereocenters. The first-order valence-electron chi connectivity index (χ1n) is 13.7. The van der Waals surface area contributed by atoms with Gasteiger partial charge in [0.25, 0.3) is 5.91 Å². The summed E-state index contributed by atoms with van der Waals surface area (Å²) in [5.41, 5.74) is 2.34. The summed E-state index contributed by atoms with van der Waals surface area (Å²) in [7, 11) is 0. The number of hydrogen-bond donors (Lipinski definition) is 4. The van der Waals surface area contributed by atoms with E-state index in [0.717, 1.165) is 31.2 Å². The summed E-state index contributed by atoms with van der Waals surface area (Å²) in [5, 5.41) is 23.9. The van der Waals surface area contributed by atoms with E-state index in [0.29, 0.717) is 23.2 Å². The van der Waals surface area contributed by atoms with Crippen molar-refractivity contribution in [3.05, 3.63) is 59.7 Å². The van der Waals surface area contributed by atoms with Gasteiger partial charge in [0.1, 0.15) is 5.75 Å². The van der Waals surface area contributed by atoms with Crippen molar-refractivity contribution in [2.75, 3.05) is 11.9 Å². The molecule has 0 radical (unpaired) electrons. The number of rotatable bonds is 12. The van der Waals surface area contributed by atoms with Crippen molar-refractivity contribution >= 4 is 23.6 Å². The lowest BCUT2D eigenvalue weighted by molar-refractivity contribution is -0.136. The van der Waals surface area contributed by atoms with Crippen LogP contribution in [0.5, 0.6) is 5.75 Å². The second-order valence-electron chi connectivity index (χ2n) is 10.4. The van der Waals surface area contributed by atoms with E-state index in [1.165, 1.54) is 25.7 Å². The molecule has 3 amide bonds. The Labute approximate surface area is 225 Å². The normalized spacial score (nSPS) is 15.0. The molecule has 0 bridgehead atoms. The minimum atomic E-state index is -0.962. The third-order valence-electron chi connectivity index (χ3n) is 7.59. The standard InChI is InChI=1S/C30H41N3O5/c1-3-16-30(17-4-2)18-13-25(14-19-30)33(29(38)32-24-9-11-26(34)12-10-24)21-22-5-7-23(8-6-22)28(37)31-20-15-27(35)36/h5-12,25,34H,3-4,13-21H2,1-2H3,(H,31,37)(H,32,38)(H,35,36). The van der Waals surface area contributed by atoms with Crippen LogP contribution in [0.4, 0.5) is 10.5 Å². The molecule has 1 aliphatic rings. The van der Waals surface area contributed by atoms with Crippen molar-refractivity contribution in [2.24, 2.45) is 5.41 Å². The summed E-state index contributed by atoms with van der Waals surface area (Å²) < 4.78 is 0. The SMILES string of the molecule is CCCC1(CCC)CCC(N(Cc2ccc(C(=O)NCCC(=O)O)cc2)C(=O)Nc2ccc(O)cc2)CC1. The molecule has 38 heavy (non-hydrogen) atoms. The Kier molecular flexibility index (Phi) is 10.6. The number of phenols is 1. The number of aliphatic carboxylic acids is 1.